The van der Waals surface area contributed by atoms with Gasteiger partial charge >= 0.3 is 0 Å². The molecule has 1 unspecified atom stereocenters. The summed E-state index contributed by atoms with van der Waals surface area (Å²) in [6.45, 7) is 3.18. The molecule has 0 aliphatic carbocycles. The first-order valence-corrected chi connectivity index (χ1v) is 5.27. The second-order valence-corrected chi connectivity index (χ2v) is 3.78. The first-order chi connectivity index (χ1) is 7.55. The fraction of sp³-hybridized carbons (Fsp3) is 0.333. The lowest BCUT2D eigenvalue weighted by molar-refractivity contribution is 0.185. The zero-order chi connectivity index (χ0) is 12.2. The van der Waals surface area contributed by atoms with Gasteiger partial charge in [-0.25, -0.2) is 4.39 Å². The molecule has 0 saturated carbocycles. The predicted octanol–water partition coefficient (Wildman–Crippen LogP) is 3.89. The van der Waals surface area contributed by atoms with E-state index in [9.17, 15) is 4.39 Å². The molecule has 1 aromatic rings. The molecule has 1 aromatic carbocycles. The number of thiocarbonyl (C=S) groups is 1. The van der Waals surface area contributed by atoms with E-state index >= 15 is 0 Å². The summed E-state index contributed by atoms with van der Waals surface area (Å²) < 4.78 is 14.2. The molecule has 2 nitrogen and oxygen atoms in total. The Hall–Kier alpha value is -1.56. The SMILES string of the molecule is CCC(C)(F)c1cc(N=C=S)ccc1C#N. The molecule has 4 heteroatoms. The summed E-state index contributed by atoms with van der Waals surface area (Å²) in [5, 5.41) is 11.1. The van der Waals surface area contributed by atoms with Gasteiger partial charge in [-0.05, 0) is 43.8 Å². The quantitative estimate of drug-likeness (QED) is 0.587. The first-order valence-electron chi connectivity index (χ1n) is 4.86. The van der Waals surface area contributed by atoms with Gasteiger partial charge in [-0.15, -0.1) is 0 Å². The van der Waals surface area contributed by atoms with E-state index in [1.165, 1.54) is 6.92 Å². The van der Waals surface area contributed by atoms with Crippen molar-refractivity contribution in [2.45, 2.75) is 25.9 Å². The Labute approximate surface area is 99.4 Å². The van der Waals surface area contributed by atoms with Crippen LogP contribution in [0, 0.1) is 11.3 Å². The van der Waals surface area contributed by atoms with Crippen LogP contribution in [0.5, 0.6) is 0 Å². The van der Waals surface area contributed by atoms with Crippen molar-refractivity contribution in [1.29, 1.82) is 5.26 Å². The van der Waals surface area contributed by atoms with Crippen LogP contribution >= 0.6 is 12.2 Å². The van der Waals surface area contributed by atoms with Crippen LogP contribution in [0.25, 0.3) is 0 Å². The number of rotatable bonds is 3. The Bertz CT molecular complexity index is 482. The molecule has 0 aliphatic rings. The largest absolute Gasteiger partial charge is 0.239 e. The molecule has 1 rings (SSSR count). The van der Waals surface area contributed by atoms with E-state index in [4.69, 9.17) is 5.26 Å². The molecule has 0 aliphatic heterocycles. The topological polar surface area (TPSA) is 36.1 Å². The Morgan fingerprint density at radius 2 is 2.25 bits per heavy atom. The Morgan fingerprint density at radius 1 is 1.56 bits per heavy atom. The number of aliphatic imine (C=N–C) groups is 1. The molecule has 0 bridgehead atoms. The summed E-state index contributed by atoms with van der Waals surface area (Å²) in [6.07, 6.45) is 0.298. The van der Waals surface area contributed by atoms with Crippen molar-refractivity contribution in [1.82, 2.24) is 0 Å². The van der Waals surface area contributed by atoms with E-state index in [1.807, 2.05) is 6.07 Å². The van der Waals surface area contributed by atoms with Crippen molar-refractivity contribution in [2.24, 2.45) is 4.99 Å². The van der Waals surface area contributed by atoms with E-state index in [1.54, 1.807) is 25.1 Å². The zero-order valence-electron chi connectivity index (χ0n) is 9.12. The highest BCUT2D eigenvalue weighted by molar-refractivity contribution is 7.78. The molecule has 0 saturated heterocycles. The molecule has 0 amide bonds. The third-order valence-electron chi connectivity index (χ3n) is 2.52. The van der Waals surface area contributed by atoms with Crippen molar-refractivity contribution in [3.05, 3.63) is 29.3 Å². The first kappa shape index (κ1) is 12.5. The number of hydrogen-bond acceptors (Lipinski definition) is 3. The van der Waals surface area contributed by atoms with Crippen LogP contribution in [0.2, 0.25) is 0 Å². The Morgan fingerprint density at radius 3 is 2.75 bits per heavy atom. The molecule has 82 valence electrons. The Kier molecular flexibility index (Phi) is 3.89. The molecule has 1 atom stereocenters. The summed E-state index contributed by atoms with van der Waals surface area (Å²) in [5.41, 5.74) is -0.335. The zero-order valence-corrected chi connectivity index (χ0v) is 9.94. The van der Waals surface area contributed by atoms with Crippen LogP contribution in [0.3, 0.4) is 0 Å². The number of halogens is 1. The van der Waals surface area contributed by atoms with Gasteiger partial charge in [-0.3, -0.25) is 0 Å². The van der Waals surface area contributed by atoms with Gasteiger partial charge in [0, 0.05) is 5.56 Å². The second-order valence-electron chi connectivity index (χ2n) is 3.60. The average molecular weight is 234 g/mol. The van der Waals surface area contributed by atoms with Crippen LogP contribution in [0.4, 0.5) is 10.1 Å². The normalized spacial score (nSPS) is 13.4. The van der Waals surface area contributed by atoms with Crippen LogP contribution in [0.15, 0.2) is 23.2 Å². The summed E-state index contributed by atoms with van der Waals surface area (Å²) >= 11 is 4.48. The van der Waals surface area contributed by atoms with Gasteiger partial charge in [0.05, 0.1) is 22.5 Å². The van der Waals surface area contributed by atoms with E-state index in [0.29, 0.717) is 23.2 Å². The van der Waals surface area contributed by atoms with Crippen molar-refractivity contribution >= 4 is 23.1 Å². The molecular weight excluding hydrogens is 223 g/mol. The van der Waals surface area contributed by atoms with Gasteiger partial charge < -0.3 is 0 Å². The third-order valence-corrected chi connectivity index (χ3v) is 2.62. The van der Waals surface area contributed by atoms with E-state index in [-0.39, 0.29) is 0 Å². The van der Waals surface area contributed by atoms with Crippen LogP contribution < -0.4 is 0 Å². The minimum atomic E-state index is -1.53. The van der Waals surface area contributed by atoms with Crippen LogP contribution in [-0.2, 0) is 5.67 Å². The van der Waals surface area contributed by atoms with Crippen molar-refractivity contribution in [2.75, 3.05) is 0 Å². The molecular formula is C12H11FN2S. The summed E-state index contributed by atoms with van der Waals surface area (Å²) in [5.74, 6) is 0. The predicted molar refractivity (Wildman–Crippen MR) is 64.6 cm³/mol. The van der Waals surface area contributed by atoms with Gasteiger partial charge in [-0.2, -0.15) is 10.3 Å². The number of benzene rings is 1. The molecule has 0 fully saturated rings. The molecule has 16 heavy (non-hydrogen) atoms. The van der Waals surface area contributed by atoms with Crippen LogP contribution in [0.1, 0.15) is 31.4 Å². The minimum Gasteiger partial charge on any atom is -0.239 e. The third kappa shape index (κ3) is 2.52. The number of alkyl halides is 1. The van der Waals surface area contributed by atoms with E-state index in [0.717, 1.165) is 0 Å². The monoisotopic (exact) mass is 234 g/mol. The molecule has 0 aromatic heterocycles. The lowest BCUT2D eigenvalue weighted by Gasteiger charge is -2.20. The highest BCUT2D eigenvalue weighted by atomic mass is 32.1. The minimum absolute atomic E-state index is 0.298. The van der Waals surface area contributed by atoms with E-state index in [2.05, 4.69) is 22.4 Å². The molecule has 0 radical (unpaired) electrons. The average Bonchev–Trinajstić information content (AvgIpc) is 2.29. The van der Waals surface area contributed by atoms with Gasteiger partial charge in [0.25, 0.3) is 0 Å². The summed E-state index contributed by atoms with van der Waals surface area (Å²) in [7, 11) is 0. The lowest BCUT2D eigenvalue weighted by Crippen LogP contribution is -2.15. The maximum absolute atomic E-state index is 14.2. The van der Waals surface area contributed by atoms with Gasteiger partial charge in [-0.1, -0.05) is 6.92 Å². The molecule has 0 spiro atoms. The fourth-order valence-corrected chi connectivity index (χ4v) is 1.48. The summed E-state index contributed by atoms with van der Waals surface area (Å²) in [4.78, 5) is 3.78. The van der Waals surface area contributed by atoms with E-state index < -0.39 is 5.67 Å². The van der Waals surface area contributed by atoms with Crippen molar-refractivity contribution < 1.29 is 4.39 Å². The van der Waals surface area contributed by atoms with Gasteiger partial charge in [0.1, 0.15) is 5.67 Å². The maximum Gasteiger partial charge on any atom is 0.134 e. The number of isothiocyanates is 1. The molecule has 0 heterocycles. The fourth-order valence-electron chi connectivity index (χ4n) is 1.37. The number of nitriles is 1. The number of hydrogen-bond donors (Lipinski definition) is 0. The van der Waals surface area contributed by atoms with Crippen molar-refractivity contribution in [3.8, 4) is 6.07 Å². The van der Waals surface area contributed by atoms with Gasteiger partial charge in [0.15, 0.2) is 0 Å². The highest BCUT2D eigenvalue weighted by Crippen LogP contribution is 2.33. The number of nitrogens with zero attached hydrogens (tertiary/aromatic N) is 2. The second kappa shape index (κ2) is 4.98. The van der Waals surface area contributed by atoms with Crippen LogP contribution in [-0.4, -0.2) is 5.16 Å². The smallest absolute Gasteiger partial charge is 0.134 e. The van der Waals surface area contributed by atoms with Crippen molar-refractivity contribution in [3.63, 3.8) is 0 Å². The maximum atomic E-state index is 14.2. The lowest BCUT2D eigenvalue weighted by atomic mass is 9.91. The standard InChI is InChI=1S/C12H11FN2S/c1-3-12(2,13)11-6-10(15-8-16)5-4-9(11)7-14/h4-6H,3H2,1-2H3. The highest BCUT2D eigenvalue weighted by Gasteiger charge is 2.26. The molecule has 0 N–H and O–H groups in total. The summed E-state index contributed by atoms with van der Waals surface area (Å²) in [6, 6.07) is 6.69. The Balaban J connectivity index is 3.40. The van der Waals surface area contributed by atoms with Gasteiger partial charge in [0.2, 0.25) is 0 Å².